The van der Waals surface area contributed by atoms with Crippen molar-refractivity contribution in [1.82, 2.24) is 0 Å². The molecule has 1 aromatic rings. The lowest BCUT2D eigenvalue weighted by molar-refractivity contribution is -0.142. The first-order valence-corrected chi connectivity index (χ1v) is 5.06. The highest BCUT2D eigenvalue weighted by Gasteiger charge is 2.18. The molecule has 96 valence electrons. The van der Waals surface area contributed by atoms with Gasteiger partial charge in [0.05, 0.1) is 14.2 Å². The van der Waals surface area contributed by atoms with Gasteiger partial charge in [0.15, 0.2) is 11.6 Å². The van der Waals surface area contributed by atoms with Gasteiger partial charge in [-0.05, 0) is 29.6 Å². The Labute approximate surface area is 103 Å². The standard InChI is InChI=1S/C11H12FN3O3/c1-17-10-4-3-7(5-8(10)12)6-9(14-15-13)11(16)18-2/h3-5,9H,6H2,1-2H3. The molecule has 0 saturated carbocycles. The fourth-order valence-corrected chi connectivity index (χ4v) is 1.43. The number of esters is 1. The third kappa shape index (κ3) is 3.36. The van der Waals surface area contributed by atoms with Crippen LogP contribution in [0.5, 0.6) is 5.75 Å². The summed E-state index contributed by atoms with van der Waals surface area (Å²) in [4.78, 5) is 13.9. The van der Waals surface area contributed by atoms with Crippen LogP contribution in [0.2, 0.25) is 0 Å². The average Bonchev–Trinajstić information content (AvgIpc) is 2.37. The van der Waals surface area contributed by atoms with Crippen LogP contribution < -0.4 is 4.74 Å². The molecule has 1 aromatic carbocycles. The molecule has 0 heterocycles. The summed E-state index contributed by atoms with van der Waals surface area (Å²) in [6.45, 7) is 0. The van der Waals surface area contributed by atoms with Crippen LogP contribution in [0.3, 0.4) is 0 Å². The van der Waals surface area contributed by atoms with E-state index in [1.807, 2.05) is 0 Å². The van der Waals surface area contributed by atoms with Crippen LogP contribution in [0.4, 0.5) is 4.39 Å². The van der Waals surface area contributed by atoms with Crippen LogP contribution in [0.1, 0.15) is 5.56 Å². The molecule has 0 aliphatic heterocycles. The maximum absolute atomic E-state index is 13.4. The zero-order chi connectivity index (χ0) is 13.5. The zero-order valence-corrected chi connectivity index (χ0v) is 9.96. The number of hydrogen-bond acceptors (Lipinski definition) is 4. The quantitative estimate of drug-likeness (QED) is 0.349. The number of hydrogen-bond donors (Lipinski definition) is 0. The van der Waals surface area contributed by atoms with E-state index in [4.69, 9.17) is 10.3 Å². The molecule has 6 nitrogen and oxygen atoms in total. The van der Waals surface area contributed by atoms with Crippen LogP contribution >= 0.6 is 0 Å². The number of rotatable bonds is 5. The lowest BCUT2D eigenvalue weighted by Gasteiger charge is -2.09. The molecular formula is C11H12FN3O3. The Kier molecular flexibility index (Phi) is 4.95. The highest BCUT2D eigenvalue weighted by Crippen LogP contribution is 2.19. The number of halogens is 1. The van der Waals surface area contributed by atoms with Gasteiger partial charge in [0.2, 0.25) is 0 Å². The molecule has 0 N–H and O–H groups in total. The number of nitrogens with zero attached hydrogens (tertiary/aromatic N) is 3. The molecule has 0 bridgehead atoms. The predicted octanol–water partition coefficient (Wildman–Crippen LogP) is 2.23. The molecule has 0 aromatic heterocycles. The van der Waals surface area contributed by atoms with Gasteiger partial charge >= 0.3 is 5.97 Å². The van der Waals surface area contributed by atoms with Crippen molar-refractivity contribution in [3.8, 4) is 5.75 Å². The molecule has 0 fully saturated rings. The highest BCUT2D eigenvalue weighted by atomic mass is 19.1. The smallest absolute Gasteiger partial charge is 0.314 e. The maximum atomic E-state index is 13.4. The molecule has 0 aliphatic rings. The first-order valence-electron chi connectivity index (χ1n) is 5.06. The second-order valence-electron chi connectivity index (χ2n) is 3.42. The first kappa shape index (κ1) is 13.8. The highest BCUT2D eigenvalue weighted by molar-refractivity contribution is 5.76. The minimum absolute atomic E-state index is 0.0671. The van der Waals surface area contributed by atoms with Crippen molar-refractivity contribution in [1.29, 1.82) is 0 Å². The summed E-state index contributed by atoms with van der Waals surface area (Å²) in [5.74, 6) is -1.10. The van der Waals surface area contributed by atoms with Crippen molar-refractivity contribution < 1.29 is 18.7 Å². The number of carbonyl (C=O) groups is 1. The molecule has 7 heteroatoms. The van der Waals surface area contributed by atoms with Crippen molar-refractivity contribution in [3.05, 3.63) is 40.0 Å². The van der Waals surface area contributed by atoms with Crippen LogP contribution in [-0.4, -0.2) is 26.2 Å². The summed E-state index contributed by atoms with van der Waals surface area (Å²) in [5, 5.41) is 3.31. The molecule has 18 heavy (non-hydrogen) atoms. The molecule has 0 amide bonds. The Morgan fingerprint density at radius 3 is 2.78 bits per heavy atom. The molecule has 1 atom stereocenters. The van der Waals surface area contributed by atoms with Crippen molar-refractivity contribution in [2.75, 3.05) is 14.2 Å². The first-order chi connectivity index (χ1) is 8.62. The van der Waals surface area contributed by atoms with Gasteiger partial charge < -0.3 is 9.47 Å². The summed E-state index contributed by atoms with van der Waals surface area (Å²) >= 11 is 0. The van der Waals surface area contributed by atoms with Crippen LogP contribution in [-0.2, 0) is 16.0 Å². The number of methoxy groups -OCH3 is 2. The minimum Gasteiger partial charge on any atom is -0.494 e. The van der Waals surface area contributed by atoms with Gasteiger partial charge in [0.1, 0.15) is 6.04 Å². The molecule has 0 aliphatic carbocycles. The van der Waals surface area contributed by atoms with Gasteiger partial charge in [-0.15, -0.1) is 0 Å². The van der Waals surface area contributed by atoms with E-state index in [2.05, 4.69) is 14.8 Å². The van der Waals surface area contributed by atoms with E-state index in [1.165, 1.54) is 26.4 Å². The topological polar surface area (TPSA) is 84.3 Å². The lowest BCUT2D eigenvalue weighted by Crippen LogP contribution is -2.22. The summed E-state index contributed by atoms with van der Waals surface area (Å²) in [7, 11) is 2.55. The van der Waals surface area contributed by atoms with Gasteiger partial charge in [-0.2, -0.15) is 0 Å². The van der Waals surface area contributed by atoms with E-state index < -0.39 is 17.8 Å². The Morgan fingerprint density at radius 1 is 1.56 bits per heavy atom. The molecule has 0 spiro atoms. The van der Waals surface area contributed by atoms with Crippen molar-refractivity contribution in [2.45, 2.75) is 12.5 Å². The molecule has 0 saturated heterocycles. The van der Waals surface area contributed by atoms with Crippen molar-refractivity contribution >= 4 is 5.97 Å². The predicted molar refractivity (Wildman–Crippen MR) is 61.6 cm³/mol. The molecule has 1 rings (SSSR count). The summed E-state index contributed by atoms with van der Waals surface area (Å²) in [6.07, 6.45) is 0.0671. The van der Waals surface area contributed by atoms with E-state index in [-0.39, 0.29) is 12.2 Å². The van der Waals surface area contributed by atoms with E-state index in [1.54, 1.807) is 6.07 Å². The lowest BCUT2D eigenvalue weighted by atomic mass is 10.1. The molecule has 1 unspecified atom stereocenters. The van der Waals surface area contributed by atoms with E-state index >= 15 is 0 Å². The third-order valence-corrected chi connectivity index (χ3v) is 2.31. The average molecular weight is 253 g/mol. The number of benzene rings is 1. The largest absolute Gasteiger partial charge is 0.494 e. The normalized spacial score (nSPS) is 11.3. The fourth-order valence-electron chi connectivity index (χ4n) is 1.43. The van der Waals surface area contributed by atoms with E-state index in [9.17, 15) is 9.18 Å². The van der Waals surface area contributed by atoms with Gasteiger partial charge in [0.25, 0.3) is 0 Å². The SMILES string of the molecule is COC(=O)C(Cc1ccc(OC)c(F)c1)N=[N+]=[N-]. The second-order valence-corrected chi connectivity index (χ2v) is 3.42. The van der Waals surface area contributed by atoms with Gasteiger partial charge in [0, 0.05) is 4.91 Å². The summed E-state index contributed by atoms with van der Waals surface area (Å²) < 4.78 is 22.7. The van der Waals surface area contributed by atoms with Crippen molar-refractivity contribution in [3.63, 3.8) is 0 Å². The summed E-state index contributed by atoms with van der Waals surface area (Å²) in [6, 6.07) is 3.24. The monoisotopic (exact) mass is 253 g/mol. The minimum atomic E-state index is -1.01. The number of ether oxygens (including phenoxy) is 2. The van der Waals surface area contributed by atoms with E-state index in [0.29, 0.717) is 5.56 Å². The van der Waals surface area contributed by atoms with Crippen molar-refractivity contribution in [2.24, 2.45) is 5.11 Å². The number of carbonyl (C=O) groups excluding carboxylic acids is 1. The van der Waals surface area contributed by atoms with Crippen LogP contribution in [0.15, 0.2) is 23.3 Å². The Hall–Kier alpha value is -2.27. The van der Waals surface area contributed by atoms with Gasteiger partial charge in [-0.3, -0.25) is 4.79 Å². The Morgan fingerprint density at radius 2 is 2.28 bits per heavy atom. The van der Waals surface area contributed by atoms with Crippen LogP contribution in [0, 0.1) is 5.82 Å². The Bertz CT molecular complexity index is 486. The third-order valence-electron chi connectivity index (χ3n) is 2.31. The zero-order valence-electron chi connectivity index (χ0n) is 9.96. The van der Waals surface area contributed by atoms with Gasteiger partial charge in [-0.1, -0.05) is 11.2 Å². The fraction of sp³-hybridized carbons (Fsp3) is 0.364. The van der Waals surface area contributed by atoms with Crippen LogP contribution in [0.25, 0.3) is 10.4 Å². The van der Waals surface area contributed by atoms with Gasteiger partial charge in [-0.25, -0.2) is 4.39 Å². The second kappa shape index (κ2) is 6.46. The number of azide groups is 1. The molecule has 0 radical (unpaired) electrons. The van der Waals surface area contributed by atoms with E-state index in [0.717, 1.165) is 0 Å². The molecular weight excluding hydrogens is 241 g/mol. The maximum Gasteiger partial charge on any atom is 0.314 e. The Balaban J connectivity index is 2.90. The summed E-state index contributed by atoms with van der Waals surface area (Å²) in [5.41, 5.74) is 8.86.